The lowest BCUT2D eigenvalue weighted by atomic mass is 9.99. The number of benzene rings is 2. The summed E-state index contributed by atoms with van der Waals surface area (Å²) in [4.78, 5) is 22.9. The average Bonchev–Trinajstić information content (AvgIpc) is 3.20. The molecule has 1 saturated heterocycles. The van der Waals surface area contributed by atoms with Gasteiger partial charge in [-0.2, -0.15) is 0 Å². The highest BCUT2D eigenvalue weighted by molar-refractivity contribution is 5.92. The molecule has 1 aromatic heterocycles. The van der Waals surface area contributed by atoms with Crippen molar-refractivity contribution in [3.05, 3.63) is 84.6 Å². The van der Waals surface area contributed by atoms with Gasteiger partial charge in [-0.3, -0.25) is 9.69 Å². The van der Waals surface area contributed by atoms with Crippen molar-refractivity contribution in [2.45, 2.75) is 12.5 Å². The van der Waals surface area contributed by atoms with Crippen molar-refractivity contribution in [2.75, 3.05) is 25.0 Å². The summed E-state index contributed by atoms with van der Waals surface area (Å²) in [6.07, 6.45) is 3.64. The predicted molar refractivity (Wildman–Crippen MR) is 111 cm³/mol. The SMILES string of the molecule is O=C(Nc1ccncn1)[C@@H]1C[C@@H](c2ccc(F)cc2)N(CCOc2ccccc2)C1. The van der Waals surface area contributed by atoms with Gasteiger partial charge in [0, 0.05) is 25.3 Å². The van der Waals surface area contributed by atoms with Crippen molar-refractivity contribution in [1.29, 1.82) is 0 Å². The van der Waals surface area contributed by atoms with E-state index in [0.29, 0.717) is 31.9 Å². The zero-order valence-electron chi connectivity index (χ0n) is 16.4. The lowest BCUT2D eigenvalue weighted by molar-refractivity contribution is -0.119. The molecule has 1 amide bonds. The first-order valence-electron chi connectivity index (χ1n) is 9.93. The first-order valence-corrected chi connectivity index (χ1v) is 9.93. The summed E-state index contributed by atoms with van der Waals surface area (Å²) in [6.45, 7) is 1.76. The Bertz CT molecular complexity index is 954. The number of aromatic nitrogens is 2. The van der Waals surface area contributed by atoms with Crippen LogP contribution in [0.4, 0.5) is 10.2 Å². The highest BCUT2D eigenvalue weighted by Gasteiger charge is 2.36. The Morgan fingerprint density at radius 2 is 1.93 bits per heavy atom. The number of nitrogens with zero attached hydrogens (tertiary/aromatic N) is 3. The Morgan fingerprint density at radius 1 is 1.13 bits per heavy atom. The molecular formula is C23H23FN4O2. The van der Waals surface area contributed by atoms with E-state index in [1.54, 1.807) is 24.4 Å². The first kappa shape index (κ1) is 20.0. The van der Waals surface area contributed by atoms with Crippen molar-refractivity contribution < 1.29 is 13.9 Å². The topological polar surface area (TPSA) is 67.4 Å². The summed E-state index contributed by atoms with van der Waals surface area (Å²) < 4.78 is 19.2. The van der Waals surface area contributed by atoms with E-state index in [1.165, 1.54) is 18.5 Å². The summed E-state index contributed by atoms with van der Waals surface area (Å²) in [5.74, 6) is 0.750. The van der Waals surface area contributed by atoms with Gasteiger partial charge < -0.3 is 10.1 Å². The third-order valence-corrected chi connectivity index (χ3v) is 5.25. The number of amides is 1. The van der Waals surface area contributed by atoms with Crippen LogP contribution in [0.1, 0.15) is 18.0 Å². The van der Waals surface area contributed by atoms with Gasteiger partial charge in [0.1, 0.15) is 30.3 Å². The van der Waals surface area contributed by atoms with E-state index in [-0.39, 0.29) is 23.7 Å². The molecule has 0 spiro atoms. The number of hydrogen-bond acceptors (Lipinski definition) is 5. The van der Waals surface area contributed by atoms with Crippen molar-refractivity contribution in [3.63, 3.8) is 0 Å². The first-order chi connectivity index (χ1) is 14.7. The fraction of sp³-hybridized carbons (Fsp3) is 0.261. The number of para-hydroxylation sites is 1. The van der Waals surface area contributed by atoms with Gasteiger partial charge in [0.2, 0.25) is 5.91 Å². The molecular weight excluding hydrogens is 383 g/mol. The Morgan fingerprint density at radius 3 is 2.67 bits per heavy atom. The molecule has 1 N–H and O–H groups in total. The van der Waals surface area contributed by atoms with Gasteiger partial charge >= 0.3 is 0 Å². The Labute approximate surface area is 174 Å². The minimum Gasteiger partial charge on any atom is -0.492 e. The van der Waals surface area contributed by atoms with Crippen molar-refractivity contribution in [1.82, 2.24) is 14.9 Å². The summed E-state index contributed by atoms with van der Waals surface area (Å²) in [6, 6.07) is 17.8. The number of hydrogen-bond donors (Lipinski definition) is 1. The molecule has 3 aromatic rings. The normalized spacial score (nSPS) is 18.8. The molecule has 0 aliphatic carbocycles. The number of anilines is 1. The minimum absolute atomic E-state index is 0.0196. The maximum Gasteiger partial charge on any atom is 0.230 e. The molecule has 1 aliphatic heterocycles. The monoisotopic (exact) mass is 406 g/mol. The quantitative estimate of drug-likeness (QED) is 0.648. The van der Waals surface area contributed by atoms with E-state index in [9.17, 15) is 9.18 Å². The zero-order valence-corrected chi connectivity index (χ0v) is 16.4. The third kappa shape index (κ3) is 4.99. The highest BCUT2D eigenvalue weighted by Crippen LogP contribution is 2.35. The summed E-state index contributed by atoms with van der Waals surface area (Å²) in [5.41, 5.74) is 0.994. The lowest BCUT2D eigenvalue weighted by Gasteiger charge is -2.24. The zero-order chi connectivity index (χ0) is 20.8. The van der Waals surface area contributed by atoms with Crippen molar-refractivity contribution in [2.24, 2.45) is 5.92 Å². The van der Waals surface area contributed by atoms with Gasteiger partial charge in [-0.1, -0.05) is 30.3 Å². The molecule has 1 aliphatic rings. The van der Waals surface area contributed by atoms with E-state index >= 15 is 0 Å². The Balaban J connectivity index is 1.44. The van der Waals surface area contributed by atoms with Crippen LogP contribution in [0.15, 0.2) is 73.2 Å². The largest absolute Gasteiger partial charge is 0.492 e. The van der Waals surface area contributed by atoms with Gasteiger partial charge in [-0.15, -0.1) is 0 Å². The van der Waals surface area contributed by atoms with Crippen molar-refractivity contribution >= 4 is 11.7 Å². The molecule has 0 saturated carbocycles. The van der Waals surface area contributed by atoms with E-state index in [0.717, 1.165) is 11.3 Å². The molecule has 6 nitrogen and oxygen atoms in total. The smallest absolute Gasteiger partial charge is 0.230 e. The second-order valence-corrected chi connectivity index (χ2v) is 7.24. The molecule has 2 heterocycles. The van der Waals surface area contributed by atoms with Gasteiger partial charge in [0.05, 0.1) is 5.92 Å². The number of halogens is 1. The second kappa shape index (κ2) is 9.45. The van der Waals surface area contributed by atoms with E-state index in [2.05, 4.69) is 20.2 Å². The van der Waals surface area contributed by atoms with Crippen LogP contribution in [0.5, 0.6) is 5.75 Å². The van der Waals surface area contributed by atoms with Crippen LogP contribution in [-0.2, 0) is 4.79 Å². The molecule has 4 rings (SSSR count). The predicted octanol–water partition coefficient (Wildman–Crippen LogP) is 3.70. The molecule has 0 radical (unpaired) electrons. The molecule has 2 aromatic carbocycles. The van der Waals surface area contributed by atoms with Crippen LogP contribution in [-0.4, -0.2) is 40.5 Å². The number of likely N-dealkylation sites (tertiary alicyclic amines) is 1. The van der Waals surface area contributed by atoms with E-state index < -0.39 is 0 Å². The number of carbonyl (C=O) groups excluding carboxylic acids is 1. The van der Waals surface area contributed by atoms with Crippen LogP contribution in [0.2, 0.25) is 0 Å². The van der Waals surface area contributed by atoms with E-state index in [4.69, 9.17) is 4.74 Å². The van der Waals surface area contributed by atoms with Crippen LogP contribution in [0, 0.1) is 11.7 Å². The summed E-state index contributed by atoms with van der Waals surface area (Å²) in [5, 5.41) is 2.86. The third-order valence-electron chi connectivity index (χ3n) is 5.25. The highest BCUT2D eigenvalue weighted by atomic mass is 19.1. The minimum atomic E-state index is -0.270. The lowest BCUT2D eigenvalue weighted by Crippen LogP contribution is -2.31. The van der Waals surface area contributed by atoms with Crippen LogP contribution < -0.4 is 10.1 Å². The summed E-state index contributed by atoms with van der Waals surface area (Å²) >= 11 is 0. The fourth-order valence-electron chi connectivity index (χ4n) is 3.76. The standard InChI is InChI=1S/C23H23FN4O2/c24-19-8-6-17(7-9-19)21-14-18(23(29)27-22-10-11-25-16-26-22)15-28(21)12-13-30-20-4-2-1-3-5-20/h1-11,16,18,21H,12-15H2,(H,25,26,27,29)/t18-,21+/m1/s1. The van der Waals surface area contributed by atoms with Crippen LogP contribution >= 0.6 is 0 Å². The number of ether oxygens (including phenoxy) is 1. The average molecular weight is 406 g/mol. The molecule has 0 bridgehead atoms. The van der Waals surface area contributed by atoms with Gasteiger partial charge in [-0.05, 0) is 42.3 Å². The van der Waals surface area contributed by atoms with E-state index in [1.807, 2.05) is 30.3 Å². The fourth-order valence-corrected chi connectivity index (χ4v) is 3.76. The molecule has 30 heavy (non-hydrogen) atoms. The van der Waals surface area contributed by atoms with Gasteiger partial charge in [-0.25, -0.2) is 14.4 Å². The maximum absolute atomic E-state index is 13.4. The number of rotatable bonds is 7. The van der Waals surface area contributed by atoms with Crippen LogP contribution in [0.3, 0.4) is 0 Å². The van der Waals surface area contributed by atoms with Crippen LogP contribution in [0.25, 0.3) is 0 Å². The Kier molecular flexibility index (Phi) is 6.29. The second-order valence-electron chi connectivity index (χ2n) is 7.24. The summed E-state index contributed by atoms with van der Waals surface area (Å²) in [7, 11) is 0. The molecule has 2 atom stereocenters. The molecule has 154 valence electrons. The Hall–Kier alpha value is -3.32. The molecule has 0 unspecified atom stereocenters. The maximum atomic E-state index is 13.4. The number of nitrogens with one attached hydrogen (secondary N) is 1. The molecule has 7 heteroatoms. The van der Waals surface area contributed by atoms with Crippen molar-refractivity contribution in [3.8, 4) is 5.75 Å². The number of carbonyl (C=O) groups is 1. The van der Waals surface area contributed by atoms with Gasteiger partial charge in [0.25, 0.3) is 0 Å². The molecule has 1 fully saturated rings. The van der Waals surface area contributed by atoms with Gasteiger partial charge in [0.15, 0.2) is 0 Å².